The lowest BCUT2D eigenvalue weighted by Gasteiger charge is -2.30. The number of hydrogen-bond donors (Lipinski definition) is 0. The van der Waals surface area contributed by atoms with E-state index in [2.05, 4.69) is 13.2 Å². The van der Waals surface area contributed by atoms with E-state index in [4.69, 9.17) is 14.2 Å². The molecule has 23 heavy (non-hydrogen) atoms. The van der Waals surface area contributed by atoms with Gasteiger partial charge in [-0.15, -0.1) is 13.2 Å². The minimum absolute atomic E-state index is 0.0187. The summed E-state index contributed by atoms with van der Waals surface area (Å²) >= 11 is 0. The molecule has 130 valence electrons. The first-order valence-corrected chi connectivity index (χ1v) is 8.04. The van der Waals surface area contributed by atoms with Crippen molar-refractivity contribution in [3.8, 4) is 0 Å². The molecule has 1 rings (SSSR count). The maximum absolute atomic E-state index is 12.7. The minimum Gasteiger partial charge on any atom is -0.459 e. The Morgan fingerprint density at radius 1 is 1.30 bits per heavy atom. The molecule has 0 aromatic rings. The van der Waals surface area contributed by atoms with E-state index in [9.17, 15) is 9.59 Å². The maximum Gasteiger partial charge on any atom is 0.346 e. The summed E-state index contributed by atoms with van der Waals surface area (Å²) in [5, 5.41) is 0. The van der Waals surface area contributed by atoms with E-state index in [1.54, 1.807) is 6.08 Å². The lowest BCUT2D eigenvalue weighted by molar-refractivity contribution is -0.201. The average Bonchev–Trinajstić information content (AvgIpc) is 2.79. The van der Waals surface area contributed by atoms with Gasteiger partial charge in [0.2, 0.25) is 5.60 Å². The van der Waals surface area contributed by atoms with Gasteiger partial charge in [-0.3, -0.25) is 4.79 Å². The molecule has 2 unspecified atom stereocenters. The Bertz CT molecular complexity index is 446. The van der Waals surface area contributed by atoms with Crippen LogP contribution in [0.1, 0.15) is 40.5 Å². The summed E-state index contributed by atoms with van der Waals surface area (Å²) in [6.07, 6.45) is 2.10. The van der Waals surface area contributed by atoms with E-state index in [-0.39, 0.29) is 43.2 Å². The van der Waals surface area contributed by atoms with Crippen molar-refractivity contribution < 1.29 is 23.8 Å². The van der Waals surface area contributed by atoms with Crippen LogP contribution in [0, 0.1) is 11.8 Å². The molecule has 1 aliphatic rings. The van der Waals surface area contributed by atoms with Gasteiger partial charge in [0.25, 0.3) is 0 Å². The summed E-state index contributed by atoms with van der Waals surface area (Å²) in [5.74, 6) is -0.699. The summed E-state index contributed by atoms with van der Waals surface area (Å²) < 4.78 is 16.7. The first-order valence-electron chi connectivity index (χ1n) is 8.04. The zero-order valence-corrected chi connectivity index (χ0v) is 14.5. The van der Waals surface area contributed by atoms with Crippen LogP contribution in [0.5, 0.6) is 0 Å². The molecule has 5 heteroatoms. The molecular weight excluding hydrogens is 296 g/mol. The second-order valence-corrected chi connectivity index (χ2v) is 6.47. The van der Waals surface area contributed by atoms with Crippen molar-refractivity contribution in [3.63, 3.8) is 0 Å². The average molecular weight is 324 g/mol. The quantitative estimate of drug-likeness (QED) is 0.370. The second kappa shape index (κ2) is 8.41. The molecule has 0 radical (unpaired) electrons. The normalized spacial score (nSPS) is 24.5. The van der Waals surface area contributed by atoms with Gasteiger partial charge < -0.3 is 14.2 Å². The number of ether oxygens (including phenoxy) is 3. The van der Waals surface area contributed by atoms with Gasteiger partial charge in [0.1, 0.15) is 6.10 Å². The monoisotopic (exact) mass is 324 g/mol. The highest BCUT2D eigenvalue weighted by Gasteiger charge is 2.55. The van der Waals surface area contributed by atoms with Crippen LogP contribution in [0.4, 0.5) is 0 Å². The zero-order chi connectivity index (χ0) is 17.6. The van der Waals surface area contributed by atoms with Gasteiger partial charge in [-0.2, -0.15) is 0 Å². The largest absolute Gasteiger partial charge is 0.459 e. The number of hydrogen-bond acceptors (Lipinski definition) is 5. The summed E-state index contributed by atoms with van der Waals surface area (Å²) in [6.45, 7) is 15.3. The Labute approximate surface area is 138 Å². The molecule has 5 nitrogen and oxygen atoms in total. The topological polar surface area (TPSA) is 61.8 Å². The Morgan fingerprint density at radius 3 is 2.39 bits per heavy atom. The van der Waals surface area contributed by atoms with Gasteiger partial charge in [-0.05, 0) is 11.8 Å². The van der Waals surface area contributed by atoms with E-state index in [0.717, 1.165) is 0 Å². The molecule has 0 saturated carbocycles. The number of carbonyl (C=O) groups is 2. The van der Waals surface area contributed by atoms with Crippen LogP contribution in [-0.2, 0) is 23.8 Å². The fourth-order valence-electron chi connectivity index (χ4n) is 2.79. The van der Waals surface area contributed by atoms with Crippen molar-refractivity contribution in [2.45, 2.75) is 58.5 Å². The molecule has 1 saturated heterocycles. The Morgan fingerprint density at radius 2 is 1.91 bits per heavy atom. The van der Waals surface area contributed by atoms with Crippen molar-refractivity contribution >= 4 is 11.8 Å². The van der Waals surface area contributed by atoms with Gasteiger partial charge in [0, 0.05) is 6.42 Å². The fraction of sp³-hybridized carbons (Fsp3) is 0.667. The van der Waals surface area contributed by atoms with E-state index in [1.165, 1.54) is 6.08 Å². The van der Waals surface area contributed by atoms with E-state index in [0.29, 0.717) is 0 Å². The van der Waals surface area contributed by atoms with Crippen LogP contribution < -0.4 is 0 Å². The third-order valence-electron chi connectivity index (χ3n) is 3.85. The first kappa shape index (κ1) is 19.6. The van der Waals surface area contributed by atoms with E-state index < -0.39 is 17.9 Å². The summed E-state index contributed by atoms with van der Waals surface area (Å²) in [4.78, 5) is 25.2. The molecule has 0 bridgehead atoms. The summed E-state index contributed by atoms with van der Waals surface area (Å²) in [7, 11) is 0. The fourth-order valence-corrected chi connectivity index (χ4v) is 2.79. The Hall–Kier alpha value is -1.46. The van der Waals surface area contributed by atoms with Crippen LogP contribution in [0.2, 0.25) is 0 Å². The molecule has 0 aromatic carbocycles. The van der Waals surface area contributed by atoms with E-state index in [1.807, 2.05) is 27.7 Å². The van der Waals surface area contributed by atoms with Crippen molar-refractivity contribution in [1.82, 2.24) is 0 Å². The Balaban J connectivity index is 2.95. The highest BCUT2D eigenvalue weighted by atomic mass is 16.7. The molecule has 0 aliphatic carbocycles. The molecule has 0 aromatic heterocycles. The number of carbonyl (C=O) groups excluding carboxylic acids is 2. The van der Waals surface area contributed by atoms with Gasteiger partial charge in [-0.1, -0.05) is 39.8 Å². The summed E-state index contributed by atoms with van der Waals surface area (Å²) in [5.41, 5.74) is -1.64. The van der Waals surface area contributed by atoms with Crippen LogP contribution >= 0.6 is 0 Å². The number of esters is 1. The molecule has 0 N–H and O–H groups in total. The van der Waals surface area contributed by atoms with Crippen molar-refractivity contribution in [2.75, 3.05) is 6.61 Å². The van der Waals surface area contributed by atoms with Crippen LogP contribution in [0.25, 0.3) is 0 Å². The third-order valence-corrected chi connectivity index (χ3v) is 3.85. The van der Waals surface area contributed by atoms with Crippen molar-refractivity contribution in [2.24, 2.45) is 11.8 Å². The Kier molecular flexibility index (Phi) is 7.16. The highest BCUT2D eigenvalue weighted by Crippen LogP contribution is 2.34. The van der Waals surface area contributed by atoms with Gasteiger partial charge in [0.15, 0.2) is 12.1 Å². The van der Waals surface area contributed by atoms with Crippen LogP contribution in [-0.4, -0.2) is 36.4 Å². The SMILES string of the molecule is C=CCOC1CC(=O)C(CC=C)(C(=O)OC(C(C)C)C(C)C)O1. The van der Waals surface area contributed by atoms with Gasteiger partial charge in [0.05, 0.1) is 13.0 Å². The molecule has 2 atom stereocenters. The third kappa shape index (κ3) is 4.52. The number of ketones is 1. The molecule has 1 aliphatic heterocycles. The molecule has 0 spiro atoms. The number of Topliss-reactive ketones (excluding diaryl/α,β-unsaturated/α-hetero) is 1. The van der Waals surface area contributed by atoms with Gasteiger partial charge in [-0.25, -0.2) is 4.79 Å². The highest BCUT2D eigenvalue weighted by molar-refractivity contribution is 6.08. The minimum atomic E-state index is -1.64. The summed E-state index contributed by atoms with van der Waals surface area (Å²) in [6, 6.07) is 0. The molecular formula is C18H28O5. The standard InChI is InChI=1S/C18H28O5/c1-7-9-18(14(19)11-15(23-18)21-10-8-2)17(20)22-16(12(3)4)13(5)6/h7-8,12-13,15-16H,1-2,9-11H2,3-6H3. The number of rotatable bonds is 9. The van der Waals surface area contributed by atoms with Gasteiger partial charge >= 0.3 is 5.97 Å². The molecule has 0 amide bonds. The van der Waals surface area contributed by atoms with Crippen molar-refractivity contribution in [3.05, 3.63) is 25.3 Å². The lowest BCUT2D eigenvalue weighted by atomic mass is 9.92. The molecule has 1 heterocycles. The first-order chi connectivity index (χ1) is 10.8. The predicted molar refractivity (Wildman–Crippen MR) is 87.7 cm³/mol. The van der Waals surface area contributed by atoms with E-state index >= 15 is 0 Å². The second-order valence-electron chi connectivity index (χ2n) is 6.47. The lowest BCUT2D eigenvalue weighted by Crippen LogP contribution is -2.48. The molecule has 1 fully saturated rings. The van der Waals surface area contributed by atoms with Crippen LogP contribution in [0.15, 0.2) is 25.3 Å². The predicted octanol–water partition coefficient (Wildman–Crippen LogP) is 3.04. The van der Waals surface area contributed by atoms with Crippen LogP contribution in [0.3, 0.4) is 0 Å². The zero-order valence-electron chi connectivity index (χ0n) is 14.5. The van der Waals surface area contributed by atoms with Crippen molar-refractivity contribution in [1.29, 1.82) is 0 Å². The smallest absolute Gasteiger partial charge is 0.346 e. The maximum atomic E-state index is 12.7.